The molecule has 1 saturated heterocycles. The number of rotatable bonds is 3. The van der Waals surface area contributed by atoms with Gasteiger partial charge in [-0.25, -0.2) is 0 Å². The van der Waals surface area contributed by atoms with E-state index in [1.807, 2.05) is 48.2 Å². The Morgan fingerprint density at radius 1 is 1.42 bits per heavy atom. The second-order valence-electron chi connectivity index (χ2n) is 4.82. The quantitative estimate of drug-likeness (QED) is 0.796. The minimum absolute atomic E-state index is 0.0815. The van der Waals surface area contributed by atoms with Crippen LogP contribution in [0.2, 0.25) is 0 Å². The van der Waals surface area contributed by atoms with Crippen molar-refractivity contribution in [2.75, 3.05) is 44.1 Å². The number of morpholine rings is 1. The number of halogens is 1. The lowest BCUT2D eigenvalue weighted by Crippen LogP contribution is -2.49. The summed E-state index contributed by atoms with van der Waals surface area (Å²) in [6.07, 6.45) is 0. The summed E-state index contributed by atoms with van der Waals surface area (Å²) in [6, 6.07) is 7.83. The number of ether oxygens (including phenoxy) is 1. The van der Waals surface area contributed by atoms with Crippen LogP contribution in [0.5, 0.6) is 0 Å². The van der Waals surface area contributed by atoms with Crippen LogP contribution in [0.25, 0.3) is 0 Å². The van der Waals surface area contributed by atoms with Crippen LogP contribution in [0, 0.1) is 0 Å². The van der Waals surface area contributed by atoms with Crippen LogP contribution in [0.4, 0.5) is 5.69 Å². The van der Waals surface area contributed by atoms with E-state index in [4.69, 9.17) is 4.74 Å². The Morgan fingerprint density at radius 2 is 2.11 bits per heavy atom. The number of nitrogens with zero attached hydrogens (tertiary/aromatic N) is 2. The molecule has 1 amide bonds. The van der Waals surface area contributed by atoms with E-state index in [1.165, 1.54) is 0 Å². The minimum Gasteiger partial charge on any atom is -0.378 e. The van der Waals surface area contributed by atoms with Crippen molar-refractivity contribution in [1.82, 2.24) is 4.90 Å². The third-order valence-electron chi connectivity index (χ3n) is 3.30. The lowest BCUT2D eigenvalue weighted by atomic mass is 10.1. The molecule has 0 radical (unpaired) electrons. The Balaban J connectivity index is 2.13. The van der Waals surface area contributed by atoms with Crippen molar-refractivity contribution in [3.05, 3.63) is 29.8 Å². The molecule has 4 nitrogen and oxygen atoms in total. The van der Waals surface area contributed by atoms with Crippen LogP contribution in [0.15, 0.2) is 24.3 Å². The van der Waals surface area contributed by atoms with E-state index < -0.39 is 0 Å². The number of benzene rings is 1. The molecule has 0 saturated carbocycles. The van der Waals surface area contributed by atoms with Crippen LogP contribution in [-0.4, -0.2) is 56.0 Å². The summed E-state index contributed by atoms with van der Waals surface area (Å²) in [5.74, 6) is 0.0815. The van der Waals surface area contributed by atoms with E-state index in [0.717, 1.165) is 16.6 Å². The fourth-order valence-electron chi connectivity index (χ4n) is 2.12. The Morgan fingerprint density at radius 3 is 2.68 bits per heavy atom. The maximum atomic E-state index is 12.5. The molecular weight excluding hydrogens is 308 g/mol. The maximum Gasteiger partial charge on any atom is 0.254 e. The normalized spacial score (nSPS) is 19.3. The van der Waals surface area contributed by atoms with Gasteiger partial charge in [-0.1, -0.05) is 15.9 Å². The van der Waals surface area contributed by atoms with Gasteiger partial charge < -0.3 is 14.5 Å². The Labute approximate surface area is 122 Å². The fourth-order valence-corrected chi connectivity index (χ4v) is 2.65. The van der Waals surface area contributed by atoms with Gasteiger partial charge in [-0.15, -0.1) is 0 Å². The molecule has 1 aliphatic heterocycles. The highest BCUT2D eigenvalue weighted by molar-refractivity contribution is 9.09. The molecule has 0 aliphatic carbocycles. The molecule has 1 atom stereocenters. The summed E-state index contributed by atoms with van der Waals surface area (Å²) in [5, 5.41) is 0.745. The summed E-state index contributed by atoms with van der Waals surface area (Å²) in [7, 11) is 3.97. The van der Waals surface area contributed by atoms with Crippen molar-refractivity contribution in [2.45, 2.75) is 6.04 Å². The largest absolute Gasteiger partial charge is 0.378 e. The number of anilines is 1. The third-order valence-corrected chi connectivity index (χ3v) is 4.04. The molecule has 0 aromatic heterocycles. The number of hydrogen-bond acceptors (Lipinski definition) is 3. The number of alkyl halides is 1. The lowest BCUT2D eigenvalue weighted by Gasteiger charge is -2.34. The Hall–Kier alpha value is -1.07. The van der Waals surface area contributed by atoms with Crippen LogP contribution in [0.3, 0.4) is 0 Å². The first-order valence-electron chi connectivity index (χ1n) is 6.35. The van der Waals surface area contributed by atoms with E-state index in [-0.39, 0.29) is 11.9 Å². The number of amides is 1. The topological polar surface area (TPSA) is 32.8 Å². The summed E-state index contributed by atoms with van der Waals surface area (Å²) >= 11 is 3.44. The zero-order valence-corrected chi connectivity index (χ0v) is 12.9. The van der Waals surface area contributed by atoms with Gasteiger partial charge in [0.2, 0.25) is 0 Å². The van der Waals surface area contributed by atoms with Crippen molar-refractivity contribution in [3.8, 4) is 0 Å². The molecule has 1 aliphatic rings. The molecular formula is C14H19BrN2O2. The monoisotopic (exact) mass is 326 g/mol. The smallest absolute Gasteiger partial charge is 0.254 e. The van der Waals surface area contributed by atoms with Crippen LogP contribution >= 0.6 is 15.9 Å². The van der Waals surface area contributed by atoms with Gasteiger partial charge in [-0.05, 0) is 24.3 Å². The first kappa shape index (κ1) is 14.3. The molecule has 104 valence electrons. The van der Waals surface area contributed by atoms with Crippen LogP contribution < -0.4 is 4.90 Å². The van der Waals surface area contributed by atoms with Crippen molar-refractivity contribution in [1.29, 1.82) is 0 Å². The van der Waals surface area contributed by atoms with Crippen LogP contribution in [0.1, 0.15) is 10.4 Å². The average Bonchev–Trinajstić information content (AvgIpc) is 2.46. The predicted octanol–water partition coefficient (Wildman–Crippen LogP) is 1.99. The second kappa shape index (κ2) is 6.39. The van der Waals surface area contributed by atoms with Crippen molar-refractivity contribution >= 4 is 27.5 Å². The van der Waals surface area contributed by atoms with E-state index in [0.29, 0.717) is 19.8 Å². The molecule has 0 bridgehead atoms. The second-order valence-corrected chi connectivity index (χ2v) is 5.47. The Bertz CT molecular complexity index is 434. The van der Waals surface area contributed by atoms with Gasteiger partial charge in [-0.2, -0.15) is 0 Å². The molecule has 1 unspecified atom stereocenters. The van der Waals surface area contributed by atoms with Gasteiger partial charge in [0.1, 0.15) is 0 Å². The van der Waals surface area contributed by atoms with Gasteiger partial charge in [0, 0.05) is 37.2 Å². The van der Waals surface area contributed by atoms with Gasteiger partial charge >= 0.3 is 0 Å². The Kier molecular flexibility index (Phi) is 4.82. The predicted molar refractivity (Wildman–Crippen MR) is 80.2 cm³/mol. The number of carbonyl (C=O) groups is 1. The van der Waals surface area contributed by atoms with E-state index in [9.17, 15) is 4.79 Å². The minimum atomic E-state index is 0.0815. The standard InChI is InChI=1S/C14H19BrN2O2/c1-16(2)12-5-3-11(4-6-12)14(18)17-7-8-19-10-13(17)9-15/h3-6,13H,7-10H2,1-2H3. The number of hydrogen-bond donors (Lipinski definition) is 0. The molecule has 1 aromatic carbocycles. The third kappa shape index (κ3) is 3.28. The molecule has 2 rings (SSSR count). The fraction of sp³-hybridized carbons (Fsp3) is 0.500. The van der Waals surface area contributed by atoms with Gasteiger partial charge in [0.15, 0.2) is 0 Å². The molecule has 19 heavy (non-hydrogen) atoms. The highest BCUT2D eigenvalue weighted by Gasteiger charge is 2.27. The molecule has 1 heterocycles. The van der Waals surface area contributed by atoms with Gasteiger partial charge in [0.05, 0.1) is 19.3 Å². The molecule has 0 N–H and O–H groups in total. The van der Waals surface area contributed by atoms with E-state index in [2.05, 4.69) is 15.9 Å². The van der Waals surface area contributed by atoms with E-state index >= 15 is 0 Å². The summed E-state index contributed by atoms with van der Waals surface area (Å²) in [6.45, 7) is 1.88. The summed E-state index contributed by atoms with van der Waals surface area (Å²) < 4.78 is 5.41. The zero-order chi connectivity index (χ0) is 13.8. The summed E-state index contributed by atoms with van der Waals surface area (Å²) in [5.41, 5.74) is 1.83. The molecule has 1 fully saturated rings. The highest BCUT2D eigenvalue weighted by atomic mass is 79.9. The average molecular weight is 327 g/mol. The van der Waals surface area contributed by atoms with Crippen molar-refractivity contribution in [2.24, 2.45) is 0 Å². The summed E-state index contributed by atoms with van der Waals surface area (Å²) in [4.78, 5) is 16.4. The molecule has 0 spiro atoms. The zero-order valence-electron chi connectivity index (χ0n) is 11.3. The maximum absolute atomic E-state index is 12.5. The lowest BCUT2D eigenvalue weighted by molar-refractivity contribution is 0.00525. The first-order valence-corrected chi connectivity index (χ1v) is 7.47. The van der Waals surface area contributed by atoms with Crippen LogP contribution in [-0.2, 0) is 4.74 Å². The van der Waals surface area contributed by atoms with Gasteiger partial charge in [-0.3, -0.25) is 4.79 Å². The highest BCUT2D eigenvalue weighted by Crippen LogP contribution is 2.17. The van der Waals surface area contributed by atoms with Gasteiger partial charge in [0.25, 0.3) is 5.91 Å². The SMILES string of the molecule is CN(C)c1ccc(C(=O)N2CCOCC2CBr)cc1. The van der Waals surface area contributed by atoms with Crippen molar-refractivity contribution < 1.29 is 9.53 Å². The van der Waals surface area contributed by atoms with E-state index in [1.54, 1.807) is 0 Å². The van der Waals surface area contributed by atoms with Crippen molar-refractivity contribution in [3.63, 3.8) is 0 Å². The molecule has 5 heteroatoms. The molecule has 1 aromatic rings. The first-order chi connectivity index (χ1) is 9.13. The number of carbonyl (C=O) groups excluding carboxylic acids is 1.